The van der Waals surface area contributed by atoms with Gasteiger partial charge in [-0.3, -0.25) is 9.59 Å². The van der Waals surface area contributed by atoms with Gasteiger partial charge in [0, 0.05) is 22.2 Å². The Bertz CT molecular complexity index is 1140. The Kier molecular flexibility index (Phi) is 8.60. The minimum absolute atomic E-state index is 0.110. The number of nitrogens with zero attached hydrogens (tertiary/aromatic N) is 3. The smallest absolute Gasteiger partial charge is 0.251 e. The predicted octanol–water partition coefficient (Wildman–Crippen LogP) is 4.84. The number of hydrogen-bond acceptors (Lipinski definition) is 6. The van der Waals surface area contributed by atoms with Crippen molar-refractivity contribution in [3.63, 3.8) is 0 Å². The summed E-state index contributed by atoms with van der Waals surface area (Å²) in [6, 6.07) is 11.2. The van der Waals surface area contributed by atoms with Gasteiger partial charge in [0.25, 0.3) is 5.91 Å². The lowest BCUT2D eigenvalue weighted by Crippen LogP contribution is -2.28. The van der Waals surface area contributed by atoms with Gasteiger partial charge in [0.15, 0.2) is 11.0 Å². The number of carbonyl (C=O) groups excluding carboxylic acids is 2. The van der Waals surface area contributed by atoms with Crippen LogP contribution in [0.15, 0.2) is 47.6 Å². The van der Waals surface area contributed by atoms with E-state index < -0.39 is 0 Å². The number of ether oxygens (including phenoxy) is 1. The number of carbonyl (C=O) groups is 2. The molecule has 0 saturated heterocycles. The van der Waals surface area contributed by atoms with Crippen LogP contribution in [0, 0.1) is 0 Å². The lowest BCUT2D eigenvalue weighted by molar-refractivity contribution is -0.113. The van der Waals surface area contributed by atoms with Gasteiger partial charge in [-0.2, -0.15) is 0 Å². The summed E-state index contributed by atoms with van der Waals surface area (Å²) in [6.07, 6.45) is 0. The van der Waals surface area contributed by atoms with Crippen molar-refractivity contribution in [2.24, 2.45) is 0 Å². The molecule has 1 heterocycles. The number of thioether (sulfide) groups is 1. The number of aromatic nitrogens is 3. The van der Waals surface area contributed by atoms with E-state index in [0.29, 0.717) is 44.6 Å². The van der Waals surface area contributed by atoms with Gasteiger partial charge in [-0.1, -0.05) is 35.0 Å². The Morgan fingerprint density at radius 3 is 2.48 bits per heavy atom. The van der Waals surface area contributed by atoms with Crippen molar-refractivity contribution in [2.75, 3.05) is 18.2 Å². The fourth-order valence-corrected chi connectivity index (χ4v) is 4.17. The molecular weight excluding hydrogens is 485 g/mol. The number of benzene rings is 2. The van der Waals surface area contributed by atoms with Crippen LogP contribution >= 0.6 is 35.0 Å². The maximum absolute atomic E-state index is 12.5. The fraction of sp³-hybridized carbons (Fsp3) is 0.273. The first-order chi connectivity index (χ1) is 15.8. The molecule has 0 spiro atoms. The molecule has 2 amide bonds. The van der Waals surface area contributed by atoms with Gasteiger partial charge < -0.3 is 19.9 Å². The van der Waals surface area contributed by atoms with Crippen LogP contribution in [0.4, 0.5) is 5.69 Å². The molecule has 0 saturated carbocycles. The average Bonchev–Trinajstić information content (AvgIpc) is 3.21. The van der Waals surface area contributed by atoms with Crippen molar-refractivity contribution in [1.82, 2.24) is 20.1 Å². The molecule has 1 atom stereocenters. The maximum Gasteiger partial charge on any atom is 0.251 e. The van der Waals surface area contributed by atoms with E-state index >= 15 is 0 Å². The van der Waals surface area contributed by atoms with Crippen molar-refractivity contribution < 1.29 is 14.3 Å². The summed E-state index contributed by atoms with van der Waals surface area (Å²) in [6.45, 7) is 4.35. The molecular formula is C22H23Cl2N5O3S. The number of amides is 2. The Labute approximate surface area is 206 Å². The standard InChI is InChI=1S/C22H23Cl2N5O3S/c1-4-29-20(13(2)25-21(31)14-5-7-15(23)8-6-14)27-28-22(29)33-12-19(30)26-17-11-16(24)9-10-18(17)32-3/h5-11,13H,4,12H2,1-3H3,(H,25,31)(H,26,30)/t13-/m1/s1. The minimum atomic E-state index is -0.389. The van der Waals surface area contributed by atoms with E-state index in [0.717, 1.165) is 0 Å². The maximum atomic E-state index is 12.5. The summed E-state index contributed by atoms with van der Waals surface area (Å²) >= 11 is 13.1. The molecule has 0 aliphatic rings. The number of anilines is 1. The van der Waals surface area contributed by atoms with Crippen LogP contribution in [0.2, 0.25) is 10.0 Å². The second-order valence-electron chi connectivity index (χ2n) is 6.97. The first-order valence-electron chi connectivity index (χ1n) is 10.1. The lowest BCUT2D eigenvalue weighted by Gasteiger charge is -2.15. The number of halogens is 2. The fourth-order valence-electron chi connectivity index (χ4n) is 3.06. The first kappa shape index (κ1) is 24.9. The van der Waals surface area contributed by atoms with E-state index in [1.807, 2.05) is 18.4 Å². The first-order valence-corrected chi connectivity index (χ1v) is 11.8. The van der Waals surface area contributed by atoms with Crippen molar-refractivity contribution in [3.05, 3.63) is 63.9 Å². The summed E-state index contributed by atoms with van der Waals surface area (Å²) in [5.74, 6) is 0.742. The van der Waals surface area contributed by atoms with Crippen LogP contribution in [0.25, 0.3) is 0 Å². The lowest BCUT2D eigenvalue weighted by atomic mass is 10.2. The molecule has 0 fully saturated rings. The molecule has 0 radical (unpaired) electrons. The number of hydrogen-bond donors (Lipinski definition) is 2. The highest BCUT2D eigenvalue weighted by Gasteiger charge is 2.20. The zero-order valence-corrected chi connectivity index (χ0v) is 20.6. The number of methoxy groups -OCH3 is 1. The van der Waals surface area contributed by atoms with Crippen LogP contribution in [0.1, 0.15) is 36.1 Å². The molecule has 0 aliphatic heterocycles. The predicted molar refractivity (Wildman–Crippen MR) is 130 cm³/mol. The molecule has 0 aliphatic carbocycles. The molecule has 0 unspecified atom stereocenters. The summed E-state index contributed by atoms with van der Waals surface area (Å²) in [4.78, 5) is 25.0. The molecule has 3 aromatic rings. The highest BCUT2D eigenvalue weighted by molar-refractivity contribution is 7.99. The quantitative estimate of drug-likeness (QED) is 0.402. The molecule has 2 N–H and O–H groups in total. The van der Waals surface area contributed by atoms with Gasteiger partial charge in [-0.15, -0.1) is 10.2 Å². The molecule has 3 rings (SSSR count). The Morgan fingerprint density at radius 2 is 1.82 bits per heavy atom. The van der Waals surface area contributed by atoms with Gasteiger partial charge in [-0.05, 0) is 56.3 Å². The van der Waals surface area contributed by atoms with E-state index in [-0.39, 0.29) is 23.6 Å². The van der Waals surface area contributed by atoms with Gasteiger partial charge in [0.2, 0.25) is 5.91 Å². The zero-order chi connectivity index (χ0) is 24.0. The van der Waals surface area contributed by atoms with Gasteiger partial charge in [0.1, 0.15) is 5.75 Å². The SMILES string of the molecule is CCn1c(SCC(=O)Nc2cc(Cl)ccc2OC)nnc1[C@@H](C)NC(=O)c1ccc(Cl)cc1. The molecule has 0 bridgehead atoms. The van der Waals surface area contributed by atoms with Crippen molar-refractivity contribution in [1.29, 1.82) is 0 Å². The Balaban J connectivity index is 1.64. The average molecular weight is 508 g/mol. The number of nitrogens with one attached hydrogen (secondary N) is 2. The molecule has 174 valence electrons. The van der Waals surface area contributed by atoms with Crippen LogP contribution < -0.4 is 15.4 Å². The van der Waals surface area contributed by atoms with Crippen molar-refractivity contribution in [3.8, 4) is 5.75 Å². The third-order valence-corrected chi connectivity index (χ3v) is 6.12. The minimum Gasteiger partial charge on any atom is -0.495 e. The largest absolute Gasteiger partial charge is 0.495 e. The van der Waals surface area contributed by atoms with Crippen LogP contribution in [0.3, 0.4) is 0 Å². The summed E-state index contributed by atoms with van der Waals surface area (Å²) in [7, 11) is 1.52. The number of rotatable bonds is 9. The van der Waals surface area contributed by atoms with E-state index in [4.69, 9.17) is 27.9 Å². The van der Waals surface area contributed by atoms with Crippen molar-refractivity contribution in [2.45, 2.75) is 31.6 Å². The summed E-state index contributed by atoms with van der Waals surface area (Å²) < 4.78 is 7.12. The van der Waals surface area contributed by atoms with Crippen LogP contribution in [-0.4, -0.2) is 39.4 Å². The van der Waals surface area contributed by atoms with Gasteiger partial charge >= 0.3 is 0 Å². The molecule has 2 aromatic carbocycles. The second kappa shape index (κ2) is 11.4. The molecule has 11 heteroatoms. The van der Waals surface area contributed by atoms with E-state index in [1.165, 1.54) is 18.9 Å². The Hall–Kier alpha value is -2.75. The van der Waals surface area contributed by atoms with Crippen LogP contribution in [-0.2, 0) is 11.3 Å². The van der Waals surface area contributed by atoms with Gasteiger partial charge in [0.05, 0.1) is 24.6 Å². The van der Waals surface area contributed by atoms with E-state index in [9.17, 15) is 9.59 Å². The highest BCUT2D eigenvalue weighted by atomic mass is 35.5. The molecule has 1 aromatic heterocycles. The molecule has 8 nitrogen and oxygen atoms in total. The highest BCUT2D eigenvalue weighted by Crippen LogP contribution is 2.28. The van der Waals surface area contributed by atoms with E-state index in [1.54, 1.807) is 42.5 Å². The second-order valence-corrected chi connectivity index (χ2v) is 8.78. The monoisotopic (exact) mass is 507 g/mol. The van der Waals surface area contributed by atoms with Gasteiger partial charge in [-0.25, -0.2) is 0 Å². The van der Waals surface area contributed by atoms with Crippen molar-refractivity contribution >= 4 is 52.5 Å². The zero-order valence-electron chi connectivity index (χ0n) is 18.3. The third-order valence-electron chi connectivity index (χ3n) is 4.67. The summed E-state index contributed by atoms with van der Waals surface area (Å²) in [5, 5.41) is 15.8. The molecule has 33 heavy (non-hydrogen) atoms. The summed E-state index contributed by atoms with van der Waals surface area (Å²) in [5.41, 5.74) is 0.989. The Morgan fingerprint density at radius 1 is 1.12 bits per heavy atom. The normalized spacial score (nSPS) is 11.7. The van der Waals surface area contributed by atoms with Crippen LogP contribution in [0.5, 0.6) is 5.75 Å². The third kappa shape index (κ3) is 6.40. The van der Waals surface area contributed by atoms with E-state index in [2.05, 4.69) is 20.8 Å². The topological polar surface area (TPSA) is 98.1 Å².